The summed E-state index contributed by atoms with van der Waals surface area (Å²) in [5.74, 6) is -0.0160. The maximum Gasteiger partial charge on any atom is 0.309 e. The Morgan fingerprint density at radius 1 is 1.14 bits per heavy atom. The number of ether oxygens (including phenoxy) is 1. The Kier molecular flexibility index (Phi) is 7.45. The molecule has 1 amide bonds. The van der Waals surface area contributed by atoms with Crippen LogP contribution >= 0.6 is 0 Å². The summed E-state index contributed by atoms with van der Waals surface area (Å²) in [7, 11) is 0. The van der Waals surface area contributed by atoms with Gasteiger partial charge in [-0.05, 0) is 51.8 Å². The summed E-state index contributed by atoms with van der Waals surface area (Å²) in [6, 6.07) is 10.5. The lowest BCUT2D eigenvalue weighted by Crippen LogP contribution is -2.51. The second-order valence-corrected chi connectivity index (χ2v) is 7.95. The van der Waals surface area contributed by atoms with Gasteiger partial charge in [0, 0.05) is 25.7 Å². The molecule has 2 atom stereocenters. The SMILES string of the molecule is CCOC(=O)C1CCN([C@@H](C)C(=O)N[C@H]2CCN(Cc3ccccc3)C2)CC1. The molecule has 0 unspecified atom stereocenters. The Hall–Kier alpha value is -1.92. The third kappa shape index (κ3) is 5.55. The quantitative estimate of drug-likeness (QED) is 0.726. The fourth-order valence-electron chi connectivity index (χ4n) is 4.21. The second kappa shape index (κ2) is 10.0. The van der Waals surface area contributed by atoms with Crippen LogP contribution in [0.25, 0.3) is 0 Å². The van der Waals surface area contributed by atoms with E-state index in [1.165, 1.54) is 5.56 Å². The van der Waals surface area contributed by atoms with Crippen molar-refractivity contribution >= 4 is 11.9 Å². The van der Waals surface area contributed by atoms with Crippen LogP contribution in [0, 0.1) is 5.92 Å². The highest BCUT2D eigenvalue weighted by atomic mass is 16.5. The van der Waals surface area contributed by atoms with Gasteiger partial charge in [-0.25, -0.2) is 0 Å². The molecule has 0 saturated carbocycles. The largest absolute Gasteiger partial charge is 0.466 e. The Bertz CT molecular complexity index is 644. The monoisotopic (exact) mass is 387 g/mol. The Morgan fingerprint density at radius 3 is 2.54 bits per heavy atom. The number of carbonyl (C=O) groups excluding carboxylic acids is 2. The van der Waals surface area contributed by atoms with Gasteiger partial charge in [0.1, 0.15) is 0 Å². The topological polar surface area (TPSA) is 61.9 Å². The van der Waals surface area contributed by atoms with Crippen LogP contribution in [0.2, 0.25) is 0 Å². The van der Waals surface area contributed by atoms with Gasteiger partial charge in [0.15, 0.2) is 0 Å². The summed E-state index contributed by atoms with van der Waals surface area (Å²) in [5, 5.41) is 3.23. The number of rotatable bonds is 7. The molecule has 1 N–H and O–H groups in total. The molecule has 2 saturated heterocycles. The lowest BCUT2D eigenvalue weighted by molar-refractivity contribution is -0.149. The number of likely N-dealkylation sites (tertiary alicyclic amines) is 2. The summed E-state index contributed by atoms with van der Waals surface area (Å²) in [4.78, 5) is 29.2. The molecule has 2 heterocycles. The Balaban J connectivity index is 1.41. The average Bonchev–Trinajstić information content (AvgIpc) is 3.15. The van der Waals surface area contributed by atoms with Gasteiger partial charge in [-0.2, -0.15) is 0 Å². The predicted octanol–water partition coefficient (Wildman–Crippen LogP) is 2.04. The van der Waals surface area contributed by atoms with Gasteiger partial charge in [0.2, 0.25) is 5.91 Å². The fourth-order valence-corrected chi connectivity index (χ4v) is 4.21. The van der Waals surface area contributed by atoms with Crippen molar-refractivity contribution in [3.8, 4) is 0 Å². The van der Waals surface area contributed by atoms with Crippen molar-refractivity contribution in [2.24, 2.45) is 5.92 Å². The van der Waals surface area contributed by atoms with Crippen molar-refractivity contribution in [3.63, 3.8) is 0 Å². The number of amides is 1. The van der Waals surface area contributed by atoms with Crippen molar-refractivity contribution in [3.05, 3.63) is 35.9 Å². The molecule has 0 bridgehead atoms. The minimum Gasteiger partial charge on any atom is -0.466 e. The van der Waals surface area contributed by atoms with Crippen LogP contribution in [0.3, 0.4) is 0 Å². The lowest BCUT2D eigenvalue weighted by atomic mass is 9.96. The van der Waals surface area contributed by atoms with Crippen LogP contribution in [0.15, 0.2) is 30.3 Å². The number of esters is 1. The summed E-state index contributed by atoms with van der Waals surface area (Å²) in [5.41, 5.74) is 1.31. The first-order valence-corrected chi connectivity index (χ1v) is 10.5. The van der Waals surface area contributed by atoms with Gasteiger partial charge in [0.05, 0.1) is 18.6 Å². The molecule has 0 aromatic heterocycles. The summed E-state index contributed by atoms with van der Waals surface area (Å²) in [6.07, 6.45) is 2.53. The van der Waals surface area contributed by atoms with Crippen LogP contribution in [0.4, 0.5) is 0 Å². The predicted molar refractivity (Wildman–Crippen MR) is 109 cm³/mol. The molecule has 3 rings (SSSR count). The van der Waals surface area contributed by atoms with Crippen LogP contribution in [-0.2, 0) is 20.9 Å². The smallest absolute Gasteiger partial charge is 0.309 e. The molecule has 2 fully saturated rings. The standard InChI is InChI=1S/C22H33N3O3/c1-3-28-22(27)19-9-13-25(14-10-19)17(2)21(26)23-20-11-12-24(16-20)15-18-7-5-4-6-8-18/h4-8,17,19-20H,3,9-16H2,1-2H3,(H,23,26)/t17-,20-/m0/s1. The van der Waals surface area contributed by atoms with Crippen LogP contribution in [-0.4, -0.2) is 66.5 Å². The number of hydrogen-bond donors (Lipinski definition) is 1. The molecule has 1 aromatic rings. The van der Waals surface area contributed by atoms with Gasteiger partial charge in [-0.1, -0.05) is 30.3 Å². The zero-order valence-corrected chi connectivity index (χ0v) is 17.1. The van der Waals surface area contributed by atoms with Crippen molar-refractivity contribution in [2.45, 2.75) is 51.7 Å². The second-order valence-electron chi connectivity index (χ2n) is 7.95. The highest BCUT2D eigenvalue weighted by Crippen LogP contribution is 2.21. The molecule has 6 nitrogen and oxygen atoms in total. The van der Waals surface area contributed by atoms with E-state index in [4.69, 9.17) is 4.74 Å². The van der Waals surface area contributed by atoms with E-state index in [1.54, 1.807) is 0 Å². The van der Waals surface area contributed by atoms with E-state index in [2.05, 4.69) is 39.4 Å². The first-order valence-electron chi connectivity index (χ1n) is 10.5. The molecule has 154 valence electrons. The third-order valence-electron chi connectivity index (χ3n) is 5.94. The van der Waals surface area contributed by atoms with E-state index in [9.17, 15) is 9.59 Å². The van der Waals surface area contributed by atoms with Crippen molar-refractivity contribution in [2.75, 3.05) is 32.8 Å². The first kappa shape index (κ1) is 20.8. The molecule has 2 aliphatic rings. The van der Waals surface area contributed by atoms with E-state index in [0.29, 0.717) is 6.61 Å². The van der Waals surface area contributed by atoms with Gasteiger partial charge in [-0.15, -0.1) is 0 Å². The summed E-state index contributed by atoms with van der Waals surface area (Å²) >= 11 is 0. The molecule has 1 aromatic carbocycles. The van der Waals surface area contributed by atoms with Gasteiger partial charge in [-0.3, -0.25) is 19.4 Å². The summed E-state index contributed by atoms with van der Waals surface area (Å²) in [6.45, 7) is 8.62. The maximum atomic E-state index is 12.7. The van der Waals surface area contributed by atoms with E-state index in [-0.39, 0.29) is 29.9 Å². The fraction of sp³-hybridized carbons (Fsp3) is 0.636. The number of benzene rings is 1. The first-order chi connectivity index (χ1) is 13.6. The molecular formula is C22H33N3O3. The zero-order chi connectivity index (χ0) is 19.9. The maximum absolute atomic E-state index is 12.7. The number of nitrogens with one attached hydrogen (secondary N) is 1. The molecule has 0 spiro atoms. The van der Waals surface area contributed by atoms with E-state index in [0.717, 1.165) is 52.0 Å². The molecular weight excluding hydrogens is 354 g/mol. The van der Waals surface area contributed by atoms with Gasteiger partial charge in [0.25, 0.3) is 0 Å². The van der Waals surface area contributed by atoms with Crippen molar-refractivity contribution in [1.29, 1.82) is 0 Å². The Morgan fingerprint density at radius 2 is 1.86 bits per heavy atom. The number of nitrogens with zero attached hydrogens (tertiary/aromatic N) is 2. The molecule has 0 radical (unpaired) electrons. The third-order valence-corrected chi connectivity index (χ3v) is 5.94. The average molecular weight is 388 g/mol. The summed E-state index contributed by atoms with van der Waals surface area (Å²) < 4.78 is 5.12. The van der Waals surface area contributed by atoms with Crippen molar-refractivity contribution in [1.82, 2.24) is 15.1 Å². The van der Waals surface area contributed by atoms with Crippen LogP contribution in [0.5, 0.6) is 0 Å². The number of carbonyl (C=O) groups is 2. The van der Waals surface area contributed by atoms with Crippen LogP contribution < -0.4 is 5.32 Å². The van der Waals surface area contributed by atoms with Gasteiger partial charge >= 0.3 is 5.97 Å². The minimum atomic E-state index is -0.161. The normalized spacial score (nSPS) is 22.7. The lowest BCUT2D eigenvalue weighted by Gasteiger charge is -2.34. The minimum absolute atomic E-state index is 0.0205. The number of hydrogen-bond acceptors (Lipinski definition) is 5. The molecule has 6 heteroatoms. The molecule has 0 aliphatic carbocycles. The zero-order valence-electron chi connectivity index (χ0n) is 17.1. The van der Waals surface area contributed by atoms with Gasteiger partial charge < -0.3 is 10.1 Å². The van der Waals surface area contributed by atoms with E-state index >= 15 is 0 Å². The Labute approximate surface area is 168 Å². The molecule has 28 heavy (non-hydrogen) atoms. The highest BCUT2D eigenvalue weighted by Gasteiger charge is 2.32. The van der Waals surface area contributed by atoms with E-state index in [1.807, 2.05) is 19.9 Å². The highest BCUT2D eigenvalue weighted by molar-refractivity contribution is 5.81. The molecule has 2 aliphatic heterocycles. The number of piperidine rings is 1. The van der Waals surface area contributed by atoms with Crippen LogP contribution in [0.1, 0.15) is 38.7 Å². The van der Waals surface area contributed by atoms with Crippen molar-refractivity contribution < 1.29 is 14.3 Å². The van der Waals surface area contributed by atoms with E-state index < -0.39 is 0 Å².